The van der Waals surface area contributed by atoms with Gasteiger partial charge in [0.15, 0.2) is 5.69 Å². The molecular formula is C14H18N4O2. The summed E-state index contributed by atoms with van der Waals surface area (Å²) in [4.78, 5) is 15.5. The van der Waals surface area contributed by atoms with Crippen molar-refractivity contribution in [2.75, 3.05) is 5.73 Å². The molecule has 20 heavy (non-hydrogen) atoms. The molecule has 0 aliphatic heterocycles. The van der Waals surface area contributed by atoms with Crippen molar-refractivity contribution in [1.29, 1.82) is 0 Å². The zero-order valence-corrected chi connectivity index (χ0v) is 11.2. The minimum absolute atomic E-state index is 0.0197. The van der Waals surface area contributed by atoms with Gasteiger partial charge in [0.1, 0.15) is 11.3 Å². The fourth-order valence-electron chi connectivity index (χ4n) is 2.87. The Morgan fingerprint density at radius 1 is 1.50 bits per heavy atom. The molecule has 0 amide bonds. The molecule has 0 spiro atoms. The summed E-state index contributed by atoms with van der Waals surface area (Å²) >= 11 is 0. The number of carboxylic acid groups (broad SMARTS) is 1. The Kier molecular flexibility index (Phi) is 3.31. The first kappa shape index (κ1) is 12.9. The highest BCUT2D eigenvalue weighted by Crippen LogP contribution is 2.21. The lowest BCUT2D eigenvalue weighted by molar-refractivity contribution is 0.0693. The third-order valence-corrected chi connectivity index (χ3v) is 3.88. The topological polar surface area (TPSA) is 92.7 Å². The van der Waals surface area contributed by atoms with Gasteiger partial charge in [-0.15, -0.1) is 0 Å². The van der Waals surface area contributed by atoms with E-state index >= 15 is 0 Å². The third-order valence-electron chi connectivity index (χ3n) is 3.88. The van der Waals surface area contributed by atoms with Crippen LogP contribution in [0.2, 0.25) is 0 Å². The normalized spacial score (nSPS) is 16.0. The van der Waals surface area contributed by atoms with Gasteiger partial charge in [0.2, 0.25) is 0 Å². The number of hydrogen-bond donors (Lipinski definition) is 3. The summed E-state index contributed by atoms with van der Waals surface area (Å²) in [5.74, 6) is -0.357. The van der Waals surface area contributed by atoms with Gasteiger partial charge in [-0.2, -0.15) is 0 Å². The van der Waals surface area contributed by atoms with Crippen molar-refractivity contribution in [2.45, 2.75) is 38.3 Å². The van der Waals surface area contributed by atoms with Gasteiger partial charge in [-0.05, 0) is 25.0 Å². The summed E-state index contributed by atoms with van der Waals surface area (Å²) in [6.07, 6.45) is 6.67. The molecule has 2 heterocycles. The molecule has 6 nitrogen and oxygen atoms in total. The van der Waals surface area contributed by atoms with E-state index in [4.69, 9.17) is 5.73 Å². The van der Waals surface area contributed by atoms with Gasteiger partial charge in [-0.25, -0.2) is 9.78 Å². The molecule has 1 aliphatic rings. The van der Waals surface area contributed by atoms with Crippen LogP contribution in [0.5, 0.6) is 0 Å². The molecule has 0 bridgehead atoms. The van der Waals surface area contributed by atoms with Crippen LogP contribution in [-0.4, -0.2) is 26.5 Å². The number of imidazole rings is 1. The summed E-state index contributed by atoms with van der Waals surface area (Å²) in [6.45, 7) is 0.558. The van der Waals surface area contributed by atoms with Crippen LogP contribution in [0, 0.1) is 0 Å². The fourth-order valence-corrected chi connectivity index (χ4v) is 2.87. The van der Waals surface area contributed by atoms with E-state index in [0.29, 0.717) is 29.6 Å². The number of nitrogen functional groups attached to an aromatic ring is 1. The van der Waals surface area contributed by atoms with Crippen LogP contribution >= 0.6 is 0 Å². The molecule has 0 saturated heterocycles. The minimum Gasteiger partial charge on any atom is -0.476 e. The van der Waals surface area contributed by atoms with Crippen molar-refractivity contribution in [2.24, 2.45) is 0 Å². The number of nitrogens with two attached hydrogens (primary N) is 1. The van der Waals surface area contributed by atoms with Crippen LogP contribution in [0.15, 0.2) is 18.3 Å². The molecule has 0 radical (unpaired) electrons. The first-order valence-electron chi connectivity index (χ1n) is 6.89. The molecule has 2 aromatic heterocycles. The Balaban J connectivity index is 1.94. The standard InChI is InChI=1S/C14H18N4O2/c15-10-6-3-7-18-11(8-16-9-4-1-2-5-9)17-12(13(10)18)14(19)20/h3,6-7,9,16H,1-2,4-5,8,15H2,(H,19,20). The van der Waals surface area contributed by atoms with Crippen molar-refractivity contribution in [3.8, 4) is 0 Å². The number of hydrogen-bond acceptors (Lipinski definition) is 4. The van der Waals surface area contributed by atoms with Crippen molar-refractivity contribution in [3.63, 3.8) is 0 Å². The molecular weight excluding hydrogens is 256 g/mol. The van der Waals surface area contributed by atoms with Gasteiger partial charge in [-0.3, -0.25) is 4.40 Å². The molecule has 0 atom stereocenters. The van der Waals surface area contributed by atoms with Crippen molar-refractivity contribution < 1.29 is 9.90 Å². The van der Waals surface area contributed by atoms with Gasteiger partial charge in [0, 0.05) is 12.2 Å². The second-order valence-electron chi connectivity index (χ2n) is 5.23. The number of carboxylic acids is 1. The van der Waals surface area contributed by atoms with Gasteiger partial charge >= 0.3 is 5.97 Å². The molecule has 1 saturated carbocycles. The highest BCUT2D eigenvalue weighted by molar-refractivity contribution is 5.97. The van der Waals surface area contributed by atoms with Crippen LogP contribution in [0.4, 0.5) is 5.69 Å². The monoisotopic (exact) mass is 274 g/mol. The molecule has 0 unspecified atom stereocenters. The number of aromatic nitrogens is 2. The summed E-state index contributed by atoms with van der Waals surface area (Å²) < 4.78 is 1.76. The first-order valence-corrected chi connectivity index (χ1v) is 6.89. The minimum atomic E-state index is -1.05. The van der Waals surface area contributed by atoms with E-state index in [0.717, 1.165) is 0 Å². The summed E-state index contributed by atoms with van der Waals surface area (Å²) in [6, 6.07) is 4.00. The lowest BCUT2D eigenvalue weighted by Crippen LogP contribution is -2.26. The van der Waals surface area contributed by atoms with Crippen LogP contribution in [0.25, 0.3) is 5.52 Å². The number of carbonyl (C=O) groups is 1. The van der Waals surface area contributed by atoms with Crippen molar-refractivity contribution in [1.82, 2.24) is 14.7 Å². The second-order valence-corrected chi connectivity index (χ2v) is 5.23. The summed E-state index contributed by atoms with van der Waals surface area (Å²) in [5, 5.41) is 12.7. The van der Waals surface area contributed by atoms with Gasteiger partial charge in [0.05, 0.1) is 12.2 Å². The first-order chi connectivity index (χ1) is 9.66. The van der Waals surface area contributed by atoms with E-state index in [2.05, 4.69) is 10.3 Å². The zero-order valence-electron chi connectivity index (χ0n) is 11.2. The van der Waals surface area contributed by atoms with Gasteiger partial charge in [-0.1, -0.05) is 12.8 Å². The van der Waals surface area contributed by atoms with E-state index < -0.39 is 5.97 Å². The number of anilines is 1. The lowest BCUT2D eigenvalue weighted by Gasteiger charge is -2.10. The number of pyridine rings is 1. The third kappa shape index (κ3) is 2.22. The zero-order chi connectivity index (χ0) is 14.1. The fraction of sp³-hybridized carbons (Fsp3) is 0.429. The Hall–Kier alpha value is -2.08. The molecule has 1 aliphatic carbocycles. The number of nitrogens with one attached hydrogen (secondary N) is 1. The number of aromatic carboxylic acids is 1. The molecule has 4 N–H and O–H groups in total. The SMILES string of the molecule is Nc1cccn2c(CNC3CCCC3)nc(C(=O)O)c12. The van der Waals surface area contributed by atoms with Gasteiger partial charge < -0.3 is 16.2 Å². The van der Waals surface area contributed by atoms with Crippen LogP contribution < -0.4 is 11.1 Å². The number of fused-ring (bicyclic) bond motifs is 1. The maximum absolute atomic E-state index is 11.3. The average Bonchev–Trinajstić information content (AvgIpc) is 3.04. The van der Waals surface area contributed by atoms with Crippen molar-refractivity contribution >= 4 is 17.2 Å². The van der Waals surface area contributed by atoms with E-state index in [1.54, 1.807) is 22.7 Å². The smallest absolute Gasteiger partial charge is 0.356 e. The summed E-state index contributed by atoms with van der Waals surface area (Å²) in [5.41, 5.74) is 6.81. The van der Waals surface area contributed by atoms with E-state index in [1.165, 1.54) is 25.7 Å². The van der Waals surface area contributed by atoms with Crippen LogP contribution in [0.3, 0.4) is 0 Å². The number of nitrogens with zero attached hydrogens (tertiary/aromatic N) is 2. The predicted molar refractivity (Wildman–Crippen MR) is 75.7 cm³/mol. The lowest BCUT2D eigenvalue weighted by atomic mass is 10.2. The highest BCUT2D eigenvalue weighted by atomic mass is 16.4. The van der Waals surface area contributed by atoms with Crippen LogP contribution in [0.1, 0.15) is 42.0 Å². The Morgan fingerprint density at radius 3 is 2.95 bits per heavy atom. The Morgan fingerprint density at radius 2 is 2.25 bits per heavy atom. The van der Waals surface area contributed by atoms with E-state index in [-0.39, 0.29) is 5.69 Å². The quantitative estimate of drug-likeness (QED) is 0.788. The molecule has 106 valence electrons. The maximum atomic E-state index is 11.3. The summed E-state index contributed by atoms with van der Waals surface area (Å²) in [7, 11) is 0. The Bertz CT molecular complexity index is 644. The van der Waals surface area contributed by atoms with E-state index in [9.17, 15) is 9.90 Å². The average molecular weight is 274 g/mol. The molecule has 2 aromatic rings. The van der Waals surface area contributed by atoms with Gasteiger partial charge in [0.25, 0.3) is 0 Å². The van der Waals surface area contributed by atoms with E-state index in [1.807, 2.05) is 0 Å². The number of rotatable bonds is 4. The molecule has 3 rings (SSSR count). The maximum Gasteiger partial charge on any atom is 0.356 e. The molecule has 1 fully saturated rings. The predicted octanol–water partition coefficient (Wildman–Crippen LogP) is 1.65. The Labute approximate surface area is 116 Å². The molecule has 0 aromatic carbocycles. The molecule has 6 heteroatoms. The second kappa shape index (κ2) is 5.13. The van der Waals surface area contributed by atoms with Crippen LogP contribution in [-0.2, 0) is 6.54 Å². The highest BCUT2D eigenvalue weighted by Gasteiger charge is 2.20. The van der Waals surface area contributed by atoms with Crippen molar-refractivity contribution in [3.05, 3.63) is 29.8 Å². The largest absolute Gasteiger partial charge is 0.476 e.